The predicted molar refractivity (Wildman–Crippen MR) is 171 cm³/mol. The first-order valence-electron chi connectivity index (χ1n) is 15.6. The number of fused-ring (bicyclic) bond motifs is 1. The van der Waals surface area contributed by atoms with Crippen LogP contribution in [0.3, 0.4) is 0 Å². The fourth-order valence-electron chi connectivity index (χ4n) is 5.27. The van der Waals surface area contributed by atoms with Gasteiger partial charge in [0.2, 0.25) is 0 Å². The summed E-state index contributed by atoms with van der Waals surface area (Å²) in [5.41, 5.74) is 0.339. The van der Waals surface area contributed by atoms with Crippen LogP contribution >= 0.6 is 15.6 Å². The molecule has 0 fully saturated rings. The van der Waals surface area contributed by atoms with Crippen molar-refractivity contribution < 1.29 is 42.5 Å². The molecular weight excluding hydrogens is 590 g/mol. The number of hydrogen-bond donors (Lipinski definition) is 0. The third-order valence-electron chi connectivity index (χ3n) is 9.02. The van der Waals surface area contributed by atoms with E-state index in [1.807, 2.05) is 19.9 Å². The van der Waals surface area contributed by atoms with Crippen LogP contribution in [0.1, 0.15) is 104 Å². The van der Waals surface area contributed by atoms with E-state index in [-0.39, 0.29) is 31.7 Å². The molecule has 0 radical (unpaired) electrons. The van der Waals surface area contributed by atoms with Crippen molar-refractivity contribution in [2.24, 2.45) is 17.8 Å². The van der Waals surface area contributed by atoms with Crippen LogP contribution in [0.2, 0.25) is 0 Å². The van der Waals surface area contributed by atoms with Gasteiger partial charge in [0.25, 0.3) is 0 Å². The summed E-state index contributed by atoms with van der Waals surface area (Å²) in [4.78, 5) is 37.1. The lowest BCUT2D eigenvalue weighted by molar-refractivity contribution is -0.134. The van der Waals surface area contributed by atoms with Crippen molar-refractivity contribution >= 4 is 33.0 Å². The number of benzene rings is 1. The summed E-state index contributed by atoms with van der Waals surface area (Å²) < 4.78 is 47.6. The standard InChI is InChI=1S/C32H52O9P2/c1-10-38-30(34)42(36)28(43(37)31(35)39-11-2)16-15-27(33)40-26-19-25-17-18-32(9,41-29(25)24(8)23(26)7)22(6)14-12-13-21(5)20(3)4/h19-22,28,42-43H,10-18H2,1-9H3. The number of esters is 1. The van der Waals surface area contributed by atoms with E-state index in [1.54, 1.807) is 13.8 Å². The number of ether oxygens (including phenoxy) is 4. The Kier molecular flexibility index (Phi) is 14.5. The third kappa shape index (κ3) is 9.94. The van der Waals surface area contributed by atoms with Crippen molar-refractivity contribution in [3.05, 3.63) is 22.8 Å². The Bertz CT molecular complexity index is 1170. The lowest BCUT2D eigenvalue weighted by atomic mass is 9.79. The van der Waals surface area contributed by atoms with Crippen LogP contribution in [0.4, 0.5) is 9.59 Å². The number of carbonyl (C=O) groups is 3. The summed E-state index contributed by atoms with van der Waals surface area (Å²) >= 11 is 0. The van der Waals surface area contributed by atoms with Crippen LogP contribution < -0.4 is 9.47 Å². The fourth-order valence-corrected chi connectivity index (χ4v) is 8.88. The molecule has 43 heavy (non-hydrogen) atoms. The predicted octanol–water partition coefficient (Wildman–Crippen LogP) is 8.93. The topological polar surface area (TPSA) is 122 Å². The normalized spacial score (nSPS) is 19.8. The van der Waals surface area contributed by atoms with E-state index in [0.29, 0.717) is 23.5 Å². The summed E-state index contributed by atoms with van der Waals surface area (Å²) in [5, 5.41) is -1.33. The molecule has 0 aromatic heterocycles. The lowest BCUT2D eigenvalue weighted by Gasteiger charge is -2.41. The Morgan fingerprint density at radius 3 is 2.05 bits per heavy atom. The van der Waals surface area contributed by atoms with Gasteiger partial charge < -0.3 is 28.1 Å². The van der Waals surface area contributed by atoms with E-state index in [1.165, 1.54) is 12.8 Å². The van der Waals surface area contributed by atoms with Crippen molar-refractivity contribution in [3.63, 3.8) is 0 Å². The lowest BCUT2D eigenvalue weighted by Crippen LogP contribution is -2.43. The number of aryl methyl sites for hydroxylation is 1. The molecule has 1 aromatic rings. The highest BCUT2D eigenvalue weighted by molar-refractivity contribution is 7.79. The molecule has 9 nitrogen and oxygen atoms in total. The van der Waals surface area contributed by atoms with Gasteiger partial charge in [-0.05, 0) is 101 Å². The van der Waals surface area contributed by atoms with Crippen molar-refractivity contribution in [1.82, 2.24) is 0 Å². The zero-order chi connectivity index (χ0) is 32.5. The van der Waals surface area contributed by atoms with E-state index < -0.39 is 38.4 Å². The zero-order valence-corrected chi connectivity index (χ0v) is 29.4. The molecule has 2 rings (SSSR count). The summed E-state index contributed by atoms with van der Waals surface area (Å²) in [6.07, 6.45) is 4.60. The minimum atomic E-state index is -3.26. The van der Waals surface area contributed by atoms with Crippen molar-refractivity contribution in [2.75, 3.05) is 13.2 Å². The molecule has 0 spiro atoms. The smallest absolute Gasteiger partial charge is 0.361 e. The first-order valence-corrected chi connectivity index (χ1v) is 18.6. The molecule has 0 saturated carbocycles. The van der Waals surface area contributed by atoms with Crippen LogP contribution in [-0.2, 0) is 29.8 Å². The molecule has 0 saturated heterocycles. The summed E-state index contributed by atoms with van der Waals surface area (Å²) in [5.74, 6) is 2.37. The maximum absolute atomic E-state index is 12.9. The first kappa shape index (κ1) is 37.1. The third-order valence-corrected chi connectivity index (χ3v) is 13.5. The quantitative estimate of drug-likeness (QED) is 0.0988. The SMILES string of the molecule is CCOC(=O)[PH](=O)C(CCC(=O)Oc1cc2c(c(C)c1C)OC(C)(C(C)CCCC(C)C(C)C)CC2)[PH](=O)C(=O)OCC. The Morgan fingerprint density at radius 1 is 0.930 bits per heavy atom. The highest BCUT2D eigenvalue weighted by Crippen LogP contribution is 2.50. The fraction of sp³-hybridized carbons (Fsp3) is 0.719. The van der Waals surface area contributed by atoms with Crippen LogP contribution in [-0.4, -0.2) is 41.6 Å². The summed E-state index contributed by atoms with van der Waals surface area (Å²) in [6.45, 7) is 18.2. The number of hydrogen-bond acceptors (Lipinski definition) is 9. The molecular formula is C32H52O9P2. The summed E-state index contributed by atoms with van der Waals surface area (Å²) in [6, 6.07) is 1.84. The molecule has 1 aliphatic heterocycles. The molecule has 0 N–H and O–H groups in total. The second-order valence-corrected chi connectivity index (χ2v) is 16.6. The maximum atomic E-state index is 12.9. The Labute approximate surface area is 258 Å². The molecule has 0 aliphatic carbocycles. The second-order valence-electron chi connectivity index (χ2n) is 12.3. The molecule has 1 aromatic carbocycles. The minimum absolute atomic E-state index is 0.0132. The highest BCUT2D eigenvalue weighted by atomic mass is 31.2. The van der Waals surface area contributed by atoms with Crippen LogP contribution in [0.15, 0.2) is 6.07 Å². The molecule has 11 heteroatoms. The number of carbonyl (C=O) groups excluding carboxylic acids is 3. The van der Waals surface area contributed by atoms with Gasteiger partial charge >= 0.3 is 17.4 Å². The van der Waals surface area contributed by atoms with Gasteiger partial charge in [0.15, 0.2) is 15.6 Å². The molecule has 1 heterocycles. The Balaban J connectivity index is 2.13. The first-order chi connectivity index (χ1) is 20.2. The highest BCUT2D eigenvalue weighted by Gasteiger charge is 2.38. The van der Waals surface area contributed by atoms with Crippen molar-refractivity contribution in [3.8, 4) is 11.5 Å². The molecule has 244 valence electrons. The van der Waals surface area contributed by atoms with Crippen LogP contribution in [0.25, 0.3) is 0 Å². The van der Waals surface area contributed by atoms with Crippen LogP contribution in [0.5, 0.6) is 11.5 Å². The van der Waals surface area contributed by atoms with Gasteiger partial charge in [-0.25, -0.2) is 9.59 Å². The van der Waals surface area contributed by atoms with Crippen LogP contribution in [0, 0.1) is 31.6 Å². The van der Waals surface area contributed by atoms with E-state index >= 15 is 0 Å². The minimum Gasteiger partial charge on any atom is -0.487 e. The van der Waals surface area contributed by atoms with Gasteiger partial charge in [0.1, 0.15) is 17.1 Å². The average molecular weight is 643 g/mol. The van der Waals surface area contributed by atoms with E-state index in [0.717, 1.165) is 41.7 Å². The second kappa shape index (κ2) is 16.8. The monoisotopic (exact) mass is 642 g/mol. The van der Waals surface area contributed by atoms with Gasteiger partial charge in [0, 0.05) is 6.42 Å². The van der Waals surface area contributed by atoms with E-state index in [4.69, 9.17) is 18.9 Å². The Morgan fingerprint density at radius 2 is 1.51 bits per heavy atom. The van der Waals surface area contributed by atoms with Crippen molar-refractivity contribution in [1.29, 1.82) is 0 Å². The van der Waals surface area contributed by atoms with Gasteiger partial charge in [-0.1, -0.05) is 40.5 Å². The van der Waals surface area contributed by atoms with Gasteiger partial charge in [0.05, 0.1) is 18.6 Å². The van der Waals surface area contributed by atoms with Gasteiger partial charge in [-0.2, -0.15) is 0 Å². The zero-order valence-electron chi connectivity index (χ0n) is 27.4. The van der Waals surface area contributed by atoms with Gasteiger partial charge in [-0.15, -0.1) is 0 Å². The van der Waals surface area contributed by atoms with Gasteiger partial charge in [-0.3, -0.25) is 4.79 Å². The number of rotatable bonds is 16. The summed E-state index contributed by atoms with van der Waals surface area (Å²) in [7, 11) is -6.52. The van der Waals surface area contributed by atoms with E-state index in [2.05, 4.69) is 34.6 Å². The molecule has 0 amide bonds. The Hall–Kier alpha value is -2.11. The van der Waals surface area contributed by atoms with Crippen molar-refractivity contribution in [2.45, 2.75) is 118 Å². The van der Waals surface area contributed by atoms with E-state index in [9.17, 15) is 23.5 Å². The molecule has 0 bridgehead atoms. The molecule has 5 atom stereocenters. The maximum Gasteiger partial charge on any atom is 0.361 e. The molecule has 5 unspecified atom stereocenters. The average Bonchev–Trinajstić information content (AvgIpc) is 2.96. The molecule has 1 aliphatic rings. The largest absolute Gasteiger partial charge is 0.487 e.